The number of nitrogen functional groups attached to an aromatic ring is 1. The van der Waals surface area contributed by atoms with Crippen LogP contribution < -0.4 is 17.0 Å². The monoisotopic (exact) mass is 423 g/mol. The van der Waals surface area contributed by atoms with Gasteiger partial charge in [0.2, 0.25) is 0 Å². The number of para-hydroxylation sites is 1. The summed E-state index contributed by atoms with van der Waals surface area (Å²) in [7, 11) is 0. The zero-order valence-corrected chi connectivity index (χ0v) is 16.9. The maximum absolute atomic E-state index is 12.7. The Morgan fingerprint density at radius 1 is 1.13 bits per heavy atom. The number of rotatable bonds is 7. The van der Waals surface area contributed by atoms with Crippen molar-refractivity contribution in [3.8, 4) is 0 Å². The van der Waals surface area contributed by atoms with Crippen LogP contribution >= 0.6 is 0 Å². The molecule has 0 aliphatic heterocycles. The quantitative estimate of drug-likeness (QED) is 0.335. The first-order valence-corrected chi connectivity index (χ1v) is 9.80. The van der Waals surface area contributed by atoms with E-state index in [4.69, 9.17) is 10.5 Å². The second kappa shape index (κ2) is 8.38. The van der Waals surface area contributed by atoms with Gasteiger partial charge in [0.1, 0.15) is 18.4 Å². The molecule has 160 valence electrons. The number of anilines is 1. The number of aryl methyl sites for hydroxylation is 1. The summed E-state index contributed by atoms with van der Waals surface area (Å²) < 4.78 is 9.49. The molecule has 0 bridgehead atoms. The second-order valence-electron chi connectivity index (χ2n) is 6.88. The van der Waals surface area contributed by atoms with Gasteiger partial charge in [-0.1, -0.05) is 12.1 Å². The van der Waals surface area contributed by atoms with Crippen LogP contribution in [0.3, 0.4) is 0 Å². The Hall–Kier alpha value is -4.02. The second-order valence-corrected chi connectivity index (χ2v) is 6.88. The normalized spacial score (nSPS) is 11.3. The highest BCUT2D eigenvalue weighted by molar-refractivity contribution is 5.81. The van der Waals surface area contributed by atoms with Gasteiger partial charge in [0.15, 0.2) is 11.5 Å². The highest BCUT2D eigenvalue weighted by atomic mass is 16.5. The van der Waals surface area contributed by atoms with Gasteiger partial charge in [-0.05, 0) is 25.5 Å². The maximum atomic E-state index is 12.7. The van der Waals surface area contributed by atoms with Crippen LogP contribution in [0.4, 0.5) is 5.82 Å². The summed E-state index contributed by atoms with van der Waals surface area (Å²) >= 11 is 0. The molecule has 0 atom stereocenters. The first-order valence-electron chi connectivity index (χ1n) is 9.80. The Labute approximate surface area is 175 Å². The summed E-state index contributed by atoms with van der Waals surface area (Å²) in [5.74, 6) is -0.253. The molecule has 3 heterocycles. The smallest absolute Gasteiger partial charge is 0.332 e. The van der Waals surface area contributed by atoms with Crippen LogP contribution in [0.2, 0.25) is 0 Å². The number of nitrogens with zero attached hydrogens (tertiary/aromatic N) is 6. The fourth-order valence-electron chi connectivity index (χ4n) is 3.46. The number of benzene rings is 1. The topological polar surface area (TPSA) is 140 Å². The van der Waals surface area contributed by atoms with E-state index in [2.05, 4.69) is 15.0 Å². The van der Waals surface area contributed by atoms with Gasteiger partial charge < -0.3 is 15.0 Å². The number of nitrogens with two attached hydrogens (primary N) is 1. The molecule has 0 saturated heterocycles. The number of carbonyl (C=O) groups is 1. The lowest BCUT2D eigenvalue weighted by Gasteiger charge is -2.13. The van der Waals surface area contributed by atoms with E-state index in [-0.39, 0.29) is 25.3 Å². The van der Waals surface area contributed by atoms with E-state index in [1.807, 2.05) is 0 Å². The van der Waals surface area contributed by atoms with Crippen molar-refractivity contribution in [1.82, 2.24) is 28.7 Å². The van der Waals surface area contributed by atoms with Crippen molar-refractivity contribution in [3.05, 3.63) is 57.8 Å². The zero-order valence-electron chi connectivity index (χ0n) is 16.9. The fourth-order valence-corrected chi connectivity index (χ4v) is 3.46. The number of imidazole rings is 1. The van der Waals surface area contributed by atoms with Crippen molar-refractivity contribution in [3.63, 3.8) is 0 Å². The van der Waals surface area contributed by atoms with Crippen molar-refractivity contribution in [2.75, 3.05) is 12.3 Å². The minimum absolute atomic E-state index is 0.152. The SMILES string of the molecule is CCn1c(=O)c2ccccc2n(CC(=O)OCCCn2cnc3c(N)ncnc32)c1=O. The first-order chi connectivity index (χ1) is 15.0. The predicted molar refractivity (Wildman–Crippen MR) is 113 cm³/mol. The summed E-state index contributed by atoms with van der Waals surface area (Å²) in [5.41, 5.74) is 6.40. The molecule has 4 aromatic rings. The Bertz CT molecular complexity index is 1390. The molecule has 0 fully saturated rings. The summed E-state index contributed by atoms with van der Waals surface area (Å²) in [4.78, 5) is 49.8. The van der Waals surface area contributed by atoms with Crippen molar-refractivity contribution in [2.45, 2.75) is 33.0 Å². The van der Waals surface area contributed by atoms with Gasteiger partial charge >= 0.3 is 11.7 Å². The molecule has 0 amide bonds. The van der Waals surface area contributed by atoms with Crippen molar-refractivity contribution in [1.29, 1.82) is 0 Å². The van der Waals surface area contributed by atoms with Crippen molar-refractivity contribution in [2.24, 2.45) is 0 Å². The van der Waals surface area contributed by atoms with E-state index in [1.54, 1.807) is 42.1 Å². The van der Waals surface area contributed by atoms with Crippen LogP contribution in [-0.2, 0) is 29.2 Å². The Balaban J connectivity index is 1.44. The lowest BCUT2D eigenvalue weighted by atomic mass is 10.2. The zero-order chi connectivity index (χ0) is 22.0. The average molecular weight is 423 g/mol. The molecular formula is C20H21N7O4. The number of ether oxygens (including phenoxy) is 1. The molecule has 0 saturated carbocycles. The Morgan fingerprint density at radius 2 is 1.94 bits per heavy atom. The number of hydrogen-bond acceptors (Lipinski definition) is 8. The third kappa shape index (κ3) is 3.77. The van der Waals surface area contributed by atoms with Gasteiger partial charge in [-0.25, -0.2) is 19.7 Å². The van der Waals surface area contributed by atoms with E-state index < -0.39 is 11.7 Å². The number of carbonyl (C=O) groups excluding carboxylic acids is 1. The van der Waals surface area contributed by atoms with Crippen LogP contribution in [0.5, 0.6) is 0 Å². The van der Waals surface area contributed by atoms with E-state index in [0.29, 0.717) is 40.9 Å². The first kappa shape index (κ1) is 20.3. The van der Waals surface area contributed by atoms with Gasteiger partial charge in [-0.2, -0.15) is 0 Å². The molecule has 0 aliphatic carbocycles. The van der Waals surface area contributed by atoms with E-state index in [9.17, 15) is 14.4 Å². The molecule has 0 aliphatic rings. The average Bonchev–Trinajstić information content (AvgIpc) is 3.19. The van der Waals surface area contributed by atoms with Gasteiger partial charge in [-0.15, -0.1) is 0 Å². The standard InChI is InChI=1S/C20H21N7O4/c1-2-26-19(29)13-6-3-4-7-14(13)27(20(26)30)10-15(28)31-9-5-8-25-12-24-16-17(21)22-11-23-18(16)25/h3-4,6-7,11-12H,2,5,8-10H2,1H3,(H2,21,22,23). The molecule has 4 rings (SSSR count). The van der Waals surface area contributed by atoms with E-state index in [0.717, 1.165) is 4.57 Å². The highest BCUT2D eigenvalue weighted by Crippen LogP contribution is 2.14. The van der Waals surface area contributed by atoms with Crippen LogP contribution in [0.1, 0.15) is 13.3 Å². The van der Waals surface area contributed by atoms with E-state index >= 15 is 0 Å². The molecule has 0 radical (unpaired) electrons. The maximum Gasteiger partial charge on any atom is 0.332 e. The van der Waals surface area contributed by atoms with Crippen molar-refractivity contribution < 1.29 is 9.53 Å². The lowest BCUT2D eigenvalue weighted by molar-refractivity contribution is -0.144. The molecule has 1 aromatic carbocycles. The van der Waals surface area contributed by atoms with Crippen LogP contribution in [-0.4, -0.2) is 41.2 Å². The van der Waals surface area contributed by atoms with Gasteiger partial charge in [0.25, 0.3) is 5.56 Å². The number of aromatic nitrogens is 6. The molecular weight excluding hydrogens is 402 g/mol. The molecule has 31 heavy (non-hydrogen) atoms. The largest absolute Gasteiger partial charge is 0.464 e. The molecule has 2 N–H and O–H groups in total. The molecule has 3 aromatic heterocycles. The Morgan fingerprint density at radius 3 is 2.74 bits per heavy atom. The van der Waals surface area contributed by atoms with Gasteiger partial charge in [0.05, 0.1) is 23.8 Å². The third-order valence-electron chi connectivity index (χ3n) is 4.97. The molecule has 0 spiro atoms. The highest BCUT2D eigenvalue weighted by Gasteiger charge is 2.15. The third-order valence-corrected chi connectivity index (χ3v) is 4.97. The Kier molecular flexibility index (Phi) is 5.48. The van der Waals surface area contributed by atoms with E-state index in [1.165, 1.54) is 10.9 Å². The summed E-state index contributed by atoms with van der Waals surface area (Å²) in [6.07, 6.45) is 3.50. The van der Waals surface area contributed by atoms with Crippen molar-refractivity contribution >= 4 is 33.9 Å². The van der Waals surface area contributed by atoms with Gasteiger partial charge in [-0.3, -0.25) is 18.7 Å². The van der Waals surface area contributed by atoms with Gasteiger partial charge in [0, 0.05) is 13.1 Å². The van der Waals surface area contributed by atoms with Crippen LogP contribution in [0, 0.1) is 0 Å². The van der Waals surface area contributed by atoms with Crippen LogP contribution in [0.25, 0.3) is 22.1 Å². The number of esters is 1. The van der Waals surface area contributed by atoms with Crippen LogP contribution in [0.15, 0.2) is 46.5 Å². The summed E-state index contributed by atoms with van der Waals surface area (Å²) in [5, 5.41) is 0.380. The summed E-state index contributed by atoms with van der Waals surface area (Å²) in [6, 6.07) is 6.71. The number of fused-ring (bicyclic) bond motifs is 2. The minimum Gasteiger partial charge on any atom is -0.464 e. The molecule has 11 heteroatoms. The lowest BCUT2D eigenvalue weighted by Crippen LogP contribution is -2.40. The molecule has 11 nitrogen and oxygen atoms in total. The fraction of sp³-hybridized carbons (Fsp3) is 0.300. The minimum atomic E-state index is -0.560. The number of hydrogen-bond donors (Lipinski definition) is 1. The predicted octanol–water partition coefficient (Wildman–Crippen LogP) is 0.538. The summed E-state index contributed by atoms with van der Waals surface area (Å²) in [6.45, 7) is 2.31. The molecule has 0 unspecified atom stereocenters.